The van der Waals surface area contributed by atoms with Crippen molar-refractivity contribution in [2.45, 2.75) is 32.9 Å². The van der Waals surface area contributed by atoms with E-state index < -0.39 is 0 Å². The zero-order valence-corrected chi connectivity index (χ0v) is 9.25. The molecule has 1 aliphatic rings. The second-order valence-corrected chi connectivity index (χ2v) is 3.80. The summed E-state index contributed by atoms with van der Waals surface area (Å²) < 4.78 is 5.04. The summed E-state index contributed by atoms with van der Waals surface area (Å²) in [6.45, 7) is 9.09. The number of hydrogen-bond acceptors (Lipinski definition) is 4. The smallest absolute Gasteiger partial charge is 0.324 e. The quantitative estimate of drug-likeness (QED) is 0.662. The molecule has 0 amide bonds. The van der Waals surface area contributed by atoms with Crippen LogP contribution in [-0.2, 0) is 9.53 Å². The maximum Gasteiger partial charge on any atom is 0.324 e. The molecular formula is C10H20N2O2. The highest BCUT2D eigenvalue weighted by Crippen LogP contribution is 2.09. The molecule has 0 aromatic heterocycles. The van der Waals surface area contributed by atoms with Crippen LogP contribution in [0.5, 0.6) is 0 Å². The standard InChI is InChI=1S/C10H20N2O2/c1-4-14-10(13)9-7-11-5-6-12(9)8(2)3/h8-9,11H,4-7H2,1-3H3. The summed E-state index contributed by atoms with van der Waals surface area (Å²) in [6.07, 6.45) is 0. The lowest BCUT2D eigenvalue weighted by atomic mass is 10.1. The van der Waals surface area contributed by atoms with Crippen LogP contribution in [0.3, 0.4) is 0 Å². The van der Waals surface area contributed by atoms with Crippen LogP contribution in [0, 0.1) is 0 Å². The summed E-state index contributed by atoms with van der Waals surface area (Å²) in [4.78, 5) is 13.8. The average Bonchev–Trinajstić information content (AvgIpc) is 2.18. The van der Waals surface area contributed by atoms with Crippen molar-refractivity contribution in [2.24, 2.45) is 0 Å². The number of hydrogen-bond donors (Lipinski definition) is 1. The van der Waals surface area contributed by atoms with Gasteiger partial charge in [0.15, 0.2) is 0 Å². The van der Waals surface area contributed by atoms with Gasteiger partial charge in [-0.2, -0.15) is 0 Å². The molecular weight excluding hydrogens is 180 g/mol. The second-order valence-electron chi connectivity index (χ2n) is 3.80. The first-order valence-electron chi connectivity index (χ1n) is 5.30. The molecule has 1 fully saturated rings. The molecule has 82 valence electrons. The number of rotatable bonds is 3. The SMILES string of the molecule is CCOC(=O)C1CNCCN1C(C)C. The molecule has 1 unspecified atom stereocenters. The first-order chi connectivity index (χ1) is 6.66. The van der Waals surface area contributed by atoms with E-state index in [0.717, 1.165) is 13.1 Å². The van der Waals surface area contributed by atoms with Crippen molar-refractivity contribution in [1.29, 1.82) is 0 Å². The molecule has 4 heteroatoms. The minimum absolute atomic E-state index is 0.103. The molecule has 1 N–H and O–H groups in total. The monoisotopic (exact) mass is 200 g/mol. The lowest BCUT2D eigenvalue weighted by Crippen LogP contribution is -2.57. The summed E-state index contributed by atoms with van der Waals surface area (Å²) in [5.41, 5.74) is 0. The van der Waals surface area contributed by atoms with Crippen molar-refractivity contribution in [3.63, 3.8) is 0 Å². The lowest BCUT2D eigenvalue weighted by Gasteiger charge is -2.37. The Morgan fingerprint density at radius 2 is 2.36 bits per heavy atom. The van der Waals surface area contributed by atoms with E-state index in [2.05, 4.69) is 24.1 Å². The number of ether oxygens (including phenoxy) is 1. The van der Waals surface area contributed by atoms with Crippen molar-refractivity contribution in [3.8, 4) is 0 Å². The fraction of sp³-hybridized carbons (Fsp3) is 0.900. The van der Waals surface area contributed by atoms with E-state index in [1.165, 1.54) is 0 Å². The maximum atomic E-state index is 11.6. The Hall–Kier alpha value is -0.610. The third kappa shape index (κ3) is 2.69. The second kappa shape index (κ2) is 5.32. The highest BCUT2D eigenvalue weighted by molar-refractivity contribution is 5.76. The van der Waals surface area contributed by atoms with Gasteiger partial charge in [-0.15, -0.1) is 0 Å². The van der Waals surface area contributed by atoms with E-state index in [-0.39, 0.29) is 12.0 Å². The van der Waals surface area contributed by atoms with Gasteiger partial charge in [-0.3, -0.25) is 9.69 Å². The summed E-state index contributed by atoms with van der Waals surface area (Å²) in [5.74, 6) is -0.103. The number of nitrogens with zero attached hydrogens (tertiary/aromatic N) is 1. The fourth-order valence-corrected chi connectivity index (χ4v) is 1.80. The predicted molar refractivity (Wildman–Crippen MR) is 55.1 cm³/mol. The Morgan fingerprint density at radius 1 is 1.64 bits per heavy atom. The van der Waals surface area contributed by atoms with E-state index in [0.29, 0.717) is 19.2 Å². The van der Waals surface area contributed by atoms with Crippen molar-refractivity contribution >= 4 is 5.97 Å². The molecule has 14 heavy (non-hydrogen) atoms. The van der Waals surface area contributed by atoms with Crippen molar-refractivity contribution < 1.29 is 9.53 Å². The van der Waals surface area contributed by atoms with Gasteiger partial charge in [0, 0.05) is 25.7 Å². The number of piperazine rings is 1. The average molecular weight is 200 g/mol. The molecule has 4 nitrogen and oxygen atoms in total. The highest BCUT2D eigenvalue weighted by atomic mass is 16.5. The molecule has 1 heterocycles. The van der Waals surface area contributed by atoms with Gasteiger partial charge in [0.2, 0.25) is 0 Å². The highest BCUT2D eigenvalue weighted by Gasteiger charge is 2.30. The van der Waals surface area contributed by atoms with E-state index in [1.807, 2.05) is 6.92 Å². The van der Waals surface area contributed by atoms with E-state index in [9.17, 15) is 4.79 Å². The largest absolute Gasteiger partial charge is 0.465 e. The first-order valence-corrected chi connectivity index (χ1v) is 5.30. The van der Waals surface area contributed by atoms with Crippen LogP contribution in [-0.4, -0.2) is 49.2 Å². The Labute approximate surface area is 85.6 Å². The van der Waals surface area contributed by atoms with Gasteiger partial charge in [-0.1, -0.05) is 0 Å². The molecule has 1 rings (SSSR count). The minimum atomic E-state index is -0.108. The molecule has 0 aliphatic carbocycles. The molecule has 0 radical (unpaired) electrons. The van der Waals surface area contributed by atoms with Gasteiger partial charge in [0.1, 0.15) is 6.04 Å². The van der Waals surface area contributed by atoms with Crippen LogP contribution in [0.4, 0.5) is 0 Å². The van der Waals surface area contributed by atoms with Crippen LogP contribution >= 0.6 is 0 Å². The van der Waals surface area contributed by atoms with Crippen molar-refractivity contribution in [3.05, 3.63) is 0 Å². The zero-order chi connectivity index (χ0) is 10.6. The fourth-order valence-electron chi connectivity index (χ4n) is 1.80. The van der Waals surface area contributed by atoms with Gasteiger partial charge in [-0.25, -0.2) is 0 Å². The van der Waals surface area contributed by atoms with Gasteiger partial charge in [0.05, 0.1) is 6.61 Å². The number of esters is 1. The Kier molecular flexibility index (Phi) is 4.35. The number of carbonyl (C=O) groups excluding carboxylic acids is 1. The normalized spacial score (nSPS) is 23.9. The van der Waals surface area contributed by atoms with E-state index in [1.54, 1.807) is 0 Å². The first kappa shape index (κ1) is 11.5. The zero-order valence-electron chi connectivity index (χ0n) is 9.25. The van der Waals surface area contributed by atoms with Gasteiger partial charge < -0.3 is 10.1 Å². The summed E-state index contributed by atoms with van der Waals surface area (Å²) in [7, 11) is 0. The summed E-state index contributed by atoms with van der Waals surface area (Å²) in [6, 6.07) is 0.287. The molecule has 0 saturated carbocycles. The maximum absolute atomic E-state index is 11.6. The number of carbonyl (C=O) groups is 1. The van der Waals surface area contributed by atoms with Crippen LogP contribution in [0.15, 0.2) is 0 Å². The molecule has 1 atom stereocenters. The lowest BCUT2D eigenvalue weighted by molar-refractivity contribution is -0.151. The molecule has 0 spiro atoms. The third-order valence-electron chi connectivity index (χ3n) is 2.51. The van der Waals surface area contributed by atoms with Gasteiger partial charge in [0.25, 0.3) is 0 Å². The van der Waals surface area contributed by atoms with Crippen LogP contribution < -0.4 is 5.32 Å². The van der Waals surface area contributed by atoms with E-state index in [4.69, 9.17) is 4.74 Å². The van der Waals surface area contributed by atoms with Crippen molar-refractivity contribution in [1.82, 2.24) is 10.2 Å². The van der Waals surface area contributed by atoms with Crippen LogP contribution in [0.2, 0.25) is 0 Å². The van der Waals surface area contributed by atoms with Crippen LogP contribution in [0.1, 0.15) is 20.8 Å². The van der Waals surface area contributed by atoms with E-state index >= 15 is 0 Å². The topological polar surface area (TPSA) is 41.6 Å². The predicted octanol–water partition coefficient (Wildman–Crippen LogP) is 0.232. The third-order valence-corrected chi connectivity index (χ3v) is 2.51. The number of nitrogens with one attached hydrogen (secondary N) is 1. The van der Waals surface area contributed by atoms with Gasteiger partial charge in [-0.05, 0) is 20.8 Å². The molecule has 0 aromatic carbocycles. The van der Waals surface area contributed by atoms with Crippen molar-refractivity contribution in [2.75, 3.05) is 26.2 Å². The van der Waals surface area contributed by atoms with Crippen LogP contribution in [0.25, 0.3) is 0 Å². The Balaban J connectivity index is 2.57. The molecule has 0 bridgehead atoms. The molecule has 0 aromatic rings. The minimum Gasteiger partial charge on any atom is -0.465 e. The summed E-state index contributed by atoms with van der Waals surface area (Å²) >= 11 is 0. The Bertz CT molecular complexity index is 195. The summed E-state index contributed by atoms with van der Waals surface area (Å²) in [5, 5.41) is 3.22. The Morgan fingerprint density at radius 3 is 2.93 bits per heavy atom. The van der Waals surface area contributed by atoms with Gasteiger partial charge >= 0.3 is 5.97 Å². The molecule has 1 aliphatic heterocycles. The molecule has 1 saturated heterocycles.